The van der Waals surface area contributed by atoms with E-state index in [9.17, 15) is 18.0 Å². The number of thioether (sulfide) groups is 1. The number of nitrogens with two attached hydrogens (primary N) is 1. The molecule has 2 rings (SSSR count). The second kappa shape index (κ2) is 5.20. The number of amides is 1. The van der Waals surface area contributed by atoms with E-state index in [-0.39, 0.29) is 17.3 Å². The van der Waals surface area contributed by atoms with Crippen LogP contribution in [0.5, 0.6) is 0 Å². The van der Waals surface area contributed by atoms with Crippen LogP contribution < -0.4 is 11.1 Å². The minimum Gasteiger partial charge on any atom is -0.397 e. The van der Waals surface area contributed by atoms with Gasteiger partial charge in [-0.2, -0.15) is 13.2 Å². The van der Waals surface area contributed by atoms with Gasteiger partial charge in [-0.3, -0.25) is 4.79 Å². The molecular formula is C13H15F3N2OS. The third kappa shape index (κ3) is 3.03. The molecule has 0 aliphatic carbocycles. The molecule has 1 aromatic carbocycles. The molecule has 0 saturated carbocycles. The van der Waals surface area contributed by atoms with Crippen molar-refractivity contribution in [2.24, 2.45) is 0 Å². The molecule has 1 unspecified atom stereocenters. The van der Waals surface area contributed by atoms with Crippen molar-refractivity contribution in [2.45, 2.75) is 30.7 Å². The van der Waals surface area contributed by atoms with E-state index < -0.39 is 16.5 Å². The van der Waals surface area contributed by atoms with E-state index >= 15 is 0 Å². The molecule has 1 amide bonds. The zero-order chi connectivity index (χ0) is 15.0. The summed E-state index contributed by atoms with van der Waals surface area (Å²) in [6.07, 6.45) is -2.73. The van der Waals surface area contributed by atoms with E-state index in [2.05, 4.69) is 5.32 Å². The number of nitrogen functional groups attached to an aromatic ring is 1. The van der Waals surface area contributed by atoms with Crippen molar-refractivity contribution in [1.82, 2.24) is 0 Å². The van der Waals surface area contributed by atoms with Gasteiger partial charge in [0, 0.05) is 0 Å². The highest BCUT2D eigenvalue weighted by atomic mass is 32.2. The first-order valence-electron chi connectivity index (χ1n) is 6.14. The zero-order valence-electron chi connectivity index (χ0n) is 10.9. The van der Waals surface area contributed by atoms with E-state index in [0.717, 1.165) is 30.7 Å². The van der Waals surface area contributed by atoms with Gasteiger partial charge in [-0.1, -0.05) is 0 Å². The fourth-order valence-corrected chi connectivity index (χ4v) is 3.28. The van der Waals surface area contributed by atoms with Crippen LogP contribution in [-0.2, 0) is 11.0 Å². The van der Waals surface area contributed by atoms with Crippen LogP contribution in [0.4, 0.5) is 24.5 Å². The van der Waals surface area contributed by atoms with Crippen molar-refractivity contribution >= 4 is 29.0 Å². The van der Waals surface area contributed by atoms with Crippen LogP contribution in [0, 0.1) is 0 Å². The van der Waals surface area contributed by atoms with Gasteiger partial charge in [0.1, 0.15) is 0 Å². The Morgan fingerprint density at radius 1 is 1.45 bits per heavy atom. The van der Waals surface area contributed by atoms with Crippen LogP contribution in [0.3, 0.4) is 0 Å². The number of anilines is 2. The monoisotopic (exact) mass is 304 g/mol. The van der Waals surface area contributed by atoms with Gasteiger partial charge in [0.05, 0.1) is 21.7 Å². The predicted octanol–water partition coefficient (Wildman–Crippen LogP) is 3.51. The van der Waals surface area contributed by atoms with Gasteiger partial charge < -0.3 is 11.1 Å². The summed E-state index contributed by atoms with van der Waals surface area (Å²) < 4.78 is 37.0. The number of rotatable bonds is 2. The van der Waals surface area contributed by atoms with E-state index in [0.29, 0.717) is 0 Å². The van der Waals surface area contributed by atoms with Crippen LogP contribution >= 0.6 is 11.8 Å². The average molecular weight is 304 g/mol. The Morgan fingerprint density at radius 3 is 2.65 bits per heavy atom. The van der Waals surface area contributed by atoms with E-state index in [4.69, 9.17) is 5.73 Å². The molecule has 1 aliphatic heterocycles. The molecule has 0 bridgehead atoms. The maximum atomic E-state index is 12.5. The molecule has 1 fully saturated rings. The third-order valence-corrected chi connectivity index (χ3v) is 4.85. The summed E-state index contributed by atoms with van der Waals surface area (Å²) in [6, 6.07) is 2.94. The molecule has 3 nitrogen and oxygen atoms in total. The summed E-state index contributed by atoms with van der Waals surface area (Å²) in [5.41, 5.74) is 4.90. The van der Waals surface area contributed by atoms with Crippen molar-refractivity contribution in [3.05, 3.63) is 23.8 Å². The second-order valence-electron chi connectivity index (χ2n) is 4.94. The van der Waals surface area contributed by atoms with E-state index in [1.165, 1.54) is 6.07 Å². The summed E-state index contributed by atoms with van der Waals surface area (Å²) in [5.74, 6) is 0.693. The lowest BCUT2D eigenvalue weighted by molar-refractivity contribution is -0.137. The average Bonchev–Trinajstić information content (AvgIpc) is 2.78. The highest BCUT2D eigenvalue weighted by Crippen LogP contribution is 2.39. The van der Waals surface area contributed by atoms with Gasteiger partial charge in [-0.25, -0.2) is 0 Å². The molecule has 1 heterocycles. The van der Waals surface area contributed by atoms with Crippen LogP contribution in [0.15, 0.2) is 18.2 Å². The van der Waals surface area contributed by atoms with Crippen LogP contribution in [0.2, 0.25) is 0 Å². The number of benzene rings is 1. The number of hydrogen-bond donors (Lipinski definition) is 2. The minimum atomic E-state index is -4.44. The molecule has 3 N–H and O–H groups in total. The number of alkyl halides is 3. The Labute approximate surface area is 119 Å². The molecule has 0 aromatic heterocycles. The summed E-state index contributed by atoms with van der Waals surface area (Å²) in [6.45, 7) is 1.83. The molecular weight excluding hydrogens is 289 g/mol. The number of hydrogen-bond acceptors (Lipinski definition) is 3. The quantitative estimate of drug-likeness (QED) is 0.822. The number of halogens is 3. The van der Waals surface area contributed by atoms with E-state index in [1.54, 1.807) is 11.8 Å². The van der Waals surface area contributed by atoms with Crippen molar-refractivity contribution in [1.29, 1.82) is 0 Å². The normalized spacial score (nSPS) is 22.8. The van der Waals surface area contributed by atoms with Crippen molar-refractivity contribution in [3.63, 3.8) is 0 Å². The van der Waals surface area contributed by atoms with Crippen molar-refractivity contribution < 1.29 is 18.0 Å². The van der Waals surface area contributed by atoms with Gasteiger partial charge in [-0.15, -0.1) is 11.8 Å². The fraction of sp³-hybridized carbons (Fsp3) is 0.462. The molecule has 1 saturated heterocycles. The van der Waals surface area contributed by atoms with Crippen molar-refractivity contribution in [3.8, 4) is 0 Å². The standard InChI is InChI=1S/C13H15F3N2OS/c1-12(5-2-6-20-12)11(19)18-10-4-3-8(7-9(10)17)13(14,15)16/h3-4,7H,2,5-6,17H2,1H3,(H,18,19). The lowest BCUT2D eigenvalue weighted by Gasteiger charge is -2.22. The fourth-order valence-electron chi connectivity index (χ4n) is 2.07. The van der Waals surface area contributed by atoms with Crippen LogP contribution in [-0.4, -0.2) is 16.4 Å². The topological polar surface area (TPSA) is 55.1 Å². The Bertz CT molecular complexity index is 525. The molecule has 0 radical (unpaired) electrons. The smallest absolute Gasteiger partial charge is 0.397 e. The first kappa shape index (κ1) is 15.0. The first-order valence-corrected chi connectivity index (χ1v) is 7.13. The molecule has 0 spiro atoms. The van der Waals surface area contributed by atoms with Gasteiger partial charge in [0.2, 0.25) is 5.91 Å². The molecule has 1 atom stereocenters. The number of carbonyl (C=O) groups is 1. The highest BCUT2D eigenvalue weighted by Gasteiger charge is 2.37. The number of nitrogens with one attached hydrogen (secondary N) is 1. The largest absolute Gasteiger partial charge is 0.416 e. The first-order chi connectivity index (χ1) is 9.22. The van der Waals surface area contributed by atoms with Gasteiger partial charge in [0.15, 0.2) is 0 Å². The molecule has 110 valence electrons. The SMILES string of the molecule is CC1(C(=O)Nc2ccc(C(F)(F)F)cc2N)CCCS1. The molecule has 1 aliphatic rings. The zero-order valence-corrected chi connectivity index (χ0v) is 11.7. The van der Waals surface area contributed by atoms with Crippen molar-refractivity contribution in [2.75, 3.05) is 16.8 Å². The Morgan fingerprint density at radius 2 is 2.15 bits per heavy atom. The maximum Gasteiger partial charge on any atom is 0.416 e. The van der Waals surface area contributed by atoms with Crippen LogP contribution in [0.1, 0.15) is 25.3 Å². The summed E-state index contributed by atoms with van der Waals surface area (Å²) in [5, 5.41) is 2.62. The lowest BCUT2D eigenvalue weighted by Crippen LogP contribution is -2.34. The van der Waals surface area contributed by atoms with Gasteiger partial charge >= 0.3 is 6.18 Å². The summed E-state index contributed by atoms with van der Waals surface area (Å²) >= 11 is 1.55. The van der Waals surface area contributed by atoms with Crippen LogP contribution in [0.25, 0.3) is 0 Å². The molecule has 1 aromatic rings. The Hall–Kier alpha value is -1.37. The minimum absolute atomic E-state index is 0.0835. The lowest BCUT2D eigenvalue weighted by atomic mass is 10.0. The third-order valence-electron chi connectivity index (χ3n) is 3.33. The Kier molecular flexibility index (Phi) is 3.90. The molecule has 7 heteroatoms. The predicted molar refractivity (Wildman–Crippen MR) is 74.6 cm³/mol. The highest BCUT2D eigenvalue weighted by molar-refractivity contribution is 8.01. The van der Waals surface area contributed by atoms with Gasteiger partial charge in [0.25, 0.3) is 0 Å². The van der Waals surface area contributed by atoms with E-state index in [1.807, 2.05) is 6.92 Å². The second-order valence-corrected chi connectivity index (χ2v) is 6.53. The summed E-state index contributed by atoms with van der Waals surface area (Å²) in [7, 11) is 0. The maximum absolute atomic E-state index is 12.5. The summed E-state index contributed by atoms with van der Waals surface area (Å²) in [4.78, 5) is 12.2. The van der Waals surface area contributed by atoms with Gasteiger partial charge in [-0.05, 0) is 43.7 Å². The number of carbonyl (C=O) groups excluding carboxylic acids is 1. The molecule has 20 heavy (non-hydrogen) atoms. The Balaban J connectivity index is 2.16.